The minimum atomic E-state index is -0.111. The quantitative estimate of drug-likeness (QED) is 0.328. The van der Waals surface area contributed by atoms with Crippen LogP contribution in [-0.2, 0) is 19.6 Å². The molecule has 28 heavy (non-hydrogen) atoms. The first-order valence-corrected chi connectivity index (χ1v) is 9.69. The summed E-state index contributed by atoms with van der Waals surface area (Å²) in [5.74, 6) is 0.801. The fraction of sp³-hybridized carbons (Fsp3) is 0.409. The van der Waals surface area contributed by atoms with Crippen molar-refractivity contribution in [2.75, 3.05) is 20.1 Å². The van der Waals surface area contributed by atoms with Crippen molar-refractivity contribution in [1.82, 2.24) is 15.5 Å². The molecule has 3 rings (SSSR count). The van der Waals surface area contributed by atoms with Gasteiger partial charge in [0.15, 0.2) is 5.96 Å². The van der Waals surface area contributed by atoms with Crippen molar-refractivity contribution in [1.29, 1.82) is 0 Å². The Morgan fingerprint density at radius 3 is 2.04 bits per heavy atom. The van der Waals surface area contributed by atoms with Crippen LogP contribution in [0.5, 0.6) is 0 Å². The summed E-state index contributed by atoms with van der Waals surface area (Å²) < 4.78 is 0. The molecule has 1 aliphatic rings. The number of guanidine groups is 1. The number of aliphatic imine (C=N–C) groups is 1. The maximum absolute atomic E-state index is 9.61. The lowest BCUT2D eigenvalue weighted by Gasteiger charge is -2.29. The number of aliphatic hydroxyl groups excluding tert-OH is 1. The van der Waals surface area contributed by atoms with Crippen LogP contribution in [0.15, 0.2) is 59.6 Å². The van der Waals surface area contributed by atoms with Crippen LogP contribution in [0.25, 0.3) is 0 Å². The molecule has 1 aliphatic heterocycles. The summed E-state index contributed by atoms with van der Waals surface area (Å²) in [4.78, 5) is 6.70. The number of benzene rings is 2. The number of piperidine rings is 1. The summed E-state index contributed by atoms with van der Waals surface area (Å²) in [6.07, 6.45) is 1.66. The second-order valence-corrected chi connectivity index (χ2v) is 7.09. The number of aliphatic hydroxyl groups is 1. The summed E-state index contributed by atoms with van der Waals surface area (Å²) in [5, 5.41) is 16.3. The van der Waals surface area contributed by atoms with Gasteiger partial charge in [0, 0.05) is 39.8 Å². The standard InChI is InChI=1S/C22H30N4O.HI/c1-23-22(24-15-18-5-3-2-4-6-18)25-16-19-7-9-20(10-8-19)17-26-13-11-21(27)12-14-26;/h2-10,21,27H,11-17H2,1H3,(H2,23,24,25);1H. The predicted molar refractivity (Wildman–Crippen MR) is 126 cm³/mol. The van der Waals surface area contributed by atoms with Gasteiger partial charge in [-0.05, 0) is 29.5 Å². The molecule has 1 heterocycles. The minimum Gasteiger partial charge on any atom is -0.393 e. The zero-order chi connectivity index (χ0) is 18.9. The van der Waals surface area contributed by atoms with E-state index in [-0.39, 0.29) is 30.1 Å². The molecule has 2 aromatic carbocycles. The zero-order valence-electron chi connectivity index (χ0n) is 16.5. The molecular formula is C22H31IN4O. The highest BCUT2D eigenvalue weighted by molar-refractivity contribution is 14.0. The van der Waals surface area contributed by atoms with Gasteiger partial charge in [0.25, 0.3) is 0 Å². The Bertz CT molecular complexity index is 713. The van der Waals surface area contributed by atoms with Gasteiger partial charge in [0.1, 0.15) is 0 Å². The topological polar surface area (TPSA) is 59.9 Å². The highest BCUT2D eigenvalue weighted by Crippen LogP contribution is 2.14. The van der Waals surface area contributed by atoms with Crippen LogP contribution in [0.2, 0.25) is 0 Å². The number of nitrogens with one attached hydrogen (secondary N) is 2. The summed E-state index contributed by atoms with van der Waals surface area (Å²) in [5.41, 5.74) is 3.78. The van der Waals surface area contributed by atoms with Crippen molar-refractivity contribution in [2.24, 2.45) is 4.99 Å². The molecule has 6 heteroatoms. The van der Waals surface area contributed by atoms with E-state index in [4.69, 9.17) is 0 Å². The molecule has 2 aromatic rings. The average molecular weight is 494 g/mol. The fourth-order valence-corrected chi connectivity index (χ4v) is 3.29. The SMILES string of the molecule is CN=C(NCc1ccccc1)NCc1ccc(CN2CCC(O)CC2)cc1.I. The maximum atomic E-state index is 9.61. The molecule has 0 unspecified atom stereocenters. The molecule has 1 saturated heterocycles. The largest absolute Gasteiger partial charge is 0.393 e. The molecule has 0 radical (unpaired) electrons. The summed E-state index contributed by atoms with van der Waals surface area (Å²) in [6.45, 7) is 4.41. The van der Waals surface area contributed by atoms with Crippen molar-refractivity contribution in [3.63, 3.8) is 0 Å². The number of hydrogen-bond donors (Lipinski definition) is 3. The first kappa shape index (κ1) is 22.6. The summed E-state index contributed by atoms with van der Waals surface area (Å²) in [7, 11) is 1.79. The second kappa shape index (κ2) is 12.0. The van der Waals surface area contributed by atoms with Gasteiger partial charge >= 0.3 is 0 Å². The molecule has 0 atom stereocenters. The van der Waals surface area contributed by atoms with Gasteiger partial charge in [-0.25, -0.2) is 0 Å². The van der Waals surface area contributed by atoms with Gasteiger partial charge in [-0.15, -0.1) is 24.0 Å². The van der Waals surface area contributed by atoms with E-state index in [0.29, 0.717) is 0 Å². The molecule has 0 bridgehead atoms. The van der Waals surface area contributed by atoms with E-state index < -0.39 is 0 Å². The molecule has 0 spiro atoms. The van der Waals surface area contributed by atoms with Gasteiger partial charge in [-0.1, -0.05) is 54.6 Å². The lowest BCUT2D eigenvalue weighted by Crippen LogP contribution is -2.36. The smallest absolute Gasteiger partial charge is 0.191 e. The third-order valence-electron chi connectivity index (χ3n) is 4.97. The number of nitrogens with zero attached hydrogens (tertiary/aromatic N) is 2. The van der Waals surface area contributed by atoms with Crippen LogP contribution >= 0.6 is 24.0 Å². The molecule has 0 amide bonds. The third kappa shape index (κ3) is 7.41. The van der Waals surface area contributed by atoms with E-state index >= 15 is 0 Å². The Balaban J connectivity index is 0.00000280. The van der Waals surface area contributed by atoms with E-state index in [1.54, 1.807) is 7.05 Å². The minimum absolute atomic E-state index is 0. The Morgan fingerprint density at radius 2 is 1.46 bits per heavy atom. The predicted octanol–water partition coefficient (Wildman–Crippen LogP) is 3.13. The van der Waals surface area contributed by atoms with E-state index in [2.05, 4.69) is 56.9 Å². The van der Waals surface area contributed by atoms with Gasteiger partial charge in [0.2, 0.25) is 0 Å². The van der Waals surface area contributed by atoms with Crippen LogP contribution in [0, 0.1) is 0 Å². The number of hydrogen-bond acceptors (Lipinski definition) is 3. The van der Waals surface area contributed by atoms with Crippen LogP contribution < -0.4 is 10.6 Å². The monoisotopic (exact) mass is 494 g/mol. The van der Waals surface area contributed by atoms with E-state index in [1.807, 2.05) is 18.2 Å². The Hall–Kier alpha value is -1.64. The van der Waals surface area contributed by atoms with Gasteiger partial charge in [-0.2, -0.15) is 0 Å². The van der Waals surface area contributed by atoms with Crippen LogP contribution in [0.3, 0.4) is 0 Å². The Morgan fingerprint density at radius 1 is 0.929 bits per heavy atom. The summed E-state index contributed by atoms with van der Waals surface area (Å²) in [6, 6.07) is 19.0. The lowest BCUT2D eigenvalue weighted by molar-refractivity contribution is 0.0792. The van der Waals surface area contributed by atoms with Crippen molar-refractivity contribution >= 4 is 29.9 Å². The molecule has 3 N–H and O–H groups in total. The van der Waals surface area contributed by atoms with Crippen molar-refractivity contribution in [3.05, 3.63) is 71.3 Å². The van der Waals surface area contributed by atoms with Crippen LogP contribution in [-0.4, -0.2) is 42.2 Å². The summed E-state index contributed by atoms with van der Waals surface area (Å²) >= 11 is 0. The van der Waals surface area contributed by atoms with E-state index in [1.165, 1.54) is 16.7 Å². The zero-order valence-corrected chi connectivity index (χ0v) is 18.8. The number of likely N-dealkylation sites (tertiary alicyclic amines) is 1. The average Bonchev–Trinajstić information content (AvgIpc) is 2.72. The maximum Gasteiger partial charge on any atom is 0.191 e. The molecule has 152 valence electrons. The second-order valence-electron chi connectivity index (χ2n) is 7.09. The first-order chi connectivity index (χ1) is 13.2. The van der Waals surface area contributed by atoms with Crippen molar-refractivity contribution in [2.45, 2.75) is 38.6 Å². The highest BCUT2D eigenvalue weighted by atomic mass is 127. The molecule has 5 nitrogen and oxygen atoms in total. The Labute approximate surface area is 185 Å². The highest BCUT2D eigenvalue weighted by Gasteiger charge is 2.16. The van der Waals surface area contributed by atoms with Crippen LogP contribution in [0.4, 0.5) is 0 Å². The van der Waals surface area contributed by atoms with Crippen LogP contribution in [0.1, 0.15) is 29.5 Å². The van der Waals surface area contributed by atoms with Gasteiger partial charge in [0.05, 0.1) is 6.10 Å². The lowest BCUT2D eigenvalue weighted by atomic mass is 10.1. The van der Waals surface area contributed by atoms with E-state index in [0.717, 1.165) is 51.5 Å². The first-order valence-electron chi connectivity index (χ1n) is 9.69. The molecular weight excluding hydrogens is 463 g/mol. The van der Waals surface area contributed by atoms with E-state index in [9.17, 15) is 5.11 Å². The van der Waals surface area contributed by atoms with Crippen molar-refractivity contribution < 1.29 is 5.11 Å². The Kier molecular flexibility index (Phi) is 9.73. The third-order valence-corrected chi connectivity index (χ3v) is 4.97. The number of halogens is 1. The van der Waals surface area contributed by atoms with Gasteiger partial charge < -0.3 is 15.7 Å². The molecule has 0 aliphatic carbocycles. The molecule has 0 aromatic heterocycles. The molecule has 1 fully saturated rings. The normalized spacial score (nSPS) is 15.7. The molecule has 0 saturated carbocycles. The number of rotatable bonds is 6. The van der Waals surface area contributed by atoms with Crippen molar-refractivity contribution in [3.8, 4) is 0 Å². The van der Waals surface area contributed by atoms with Gasteiger partial charge in [-0.3, -0.25) is 9.89 Å². The fourth-order valence-electron chi connectivity index (χ4n) is 3.29.